The molecule has 1 aliphatic heterocycles. The van der Waals surface area contributed by atoms with Crippen LogP contribution in [0.3, 0.4) is 0 Å². The Labute approximate surface area is 164 Å². The summed E-state index contributed by atoms with van der Waals surface area (Å²) >= 11 is 3.47. The number of anilines is 4. The predicted octanol–water partition coefficient (Wildman–Crippen LogP) is 3.53. The quantitative estimate of drug-likeness (QED) is 0.560. The molecule has 0 atom stereocenters. The zero-order valence-electron chi connectivity index (χ0n) is 14.4. The molecule has 0 aliphatic carbocycles. The number of carbonyl (C=O) groups is 1. The van der Waals surface area contributed by atoms with Gasteiger partial charge in [-0.25, -0.2) is 4.98 Å². The summed E-state index contributed by atoms with van der Waals surface area (Å²) in [7, 11) is 0. The number of hydrogen-bond donors (Lipinski definition) is 3. The third-order valence-corrected chi connectivity index (χ3v) is 4.71. The van der Waals surface area contributed by atoms with Gasteiger partial charge in [0, 0.05) is 42.4 Å². The summed E-state index contributed by atoms with van der Waals surface area (Å²) in [6.07, 6.45) is 4.69. The van der Waals surface area contributed by atoms with Crippen LogP contribution in [0.25, 0.3) is 0 Å². The average molecular weight is 425 g/mol. The summed E-state index contributed by atoms with van der Waals surface area (Å²) in [5, 5.41) is 9.31. The standard InChI is InChI=1S/C19H17BrN6O/c20-15-11-23-19(24-14-4-5-16-12(9-14)10-17(27)25-16)26-18(15)22-8-6-13-3-1-2-7-21-13/h1-5,7,9,11H,6,8,10H2,(H,25,27)(H2,22,23,24,26). The lowest BCUT2D eigenvalue weighted by atomic mass is 10.1. The van der Waals surface area contributed by atoms with E-state index in [4.69, 9.17) is 0 Å². The summed E-state index contributed by atoms with van der Waals surface area (Å²) < 4.78 is 0.790. The Balaban J connectivity index is 1.43. The number of rotatable bonds is 6. The van der Waals surface area contributed by atoms with Crippen LogP contribution in [0.15, 0.2) is 53.3 Å². The minimum Gasteiger partial charge on any atom is -0.369 e. The van der Waals surface area contributed by atoms with Crippen molar-refractivity contribution < 1.29 is 4.79 Å². The van der Waals surface area contributed by atoms with E-state index in [1.165, 1.54) is 0 Å². The van der Waals surface area contributed by atoms with Crippen molar-refractivity contribution in [1.29, 1.82) is 0 Å². The van der Waals surface area contributed by atoms with Gasteiger partial charge in [0.05, 0.1) is 10.9 Å². The van der Waals surface area contributed by atoms with Crippen molar-refractivity contribution >= 4 is 45.0 Å². The van der Waals surface area contributed by atoms with Crippen LogP contribution in [-0.4, -0.2) is 27.4 Å². The molecule has 3 N–H and O–H groups in total. The molecule has 27 heavy (non-hydrogen) atoms. The summed E-state index contributed by atoms with van der Waals surface area (Å²) in [5.74, 6) is 1.21. The Bertz CT molecular complexity index is 979. The van der Waals surface area contributed by atoms with Gasteiger partial charge in [0.25, 0.3) is 0 Å². The van der Waals surface area contributed by atoms with Gasteiger partial charge in [-0.2, -0.15) is 4.98 Å². The molecule has 0 radical (unpaired) electrons. The number of nitrogens with zero attached hydrogens (tertiary/aromatic N) is 3. The molecule has 1 aliphatic rings. The van der Waals surface area contributed by atoms with Crippen LogP contribution < -0.4 is 16.0 Å². The number of nitrogens with one attached hydrogen (secondary N) is 3. The van der Waals surface area contributed by atoms with Crippen LogP contribution in [0, 0.1) is 0 Å². The van der Waals surface area contributed by atoms with E-state index in [9.17, 15) is 4.79 Å². The van der Waals surface area contributed by atoms with Crippen molar-refractivity contribution in [3.63, 3.8) is 0 Å². The first-order chi connectivity index (χ1) is 13.2. The maximum atomic E-state index is 11.5. The molecule has 2 aromatic heterocycles. The molecular weight excluding hydrogens is 408 g/mol. The first-order valence-corrected chi connectivity index (χ1v) is 9.33. The lowest BCUT2D eigenvalue weighted by Crippen LogP contribution is -2.09. The molecule has 3 aromatic rings. The number of aromatic nitrogens is 3. The second-order valence-corrected chi connectivity index (χ2v) is 6.96. The van der Waals surface area contributed by atoms with E-state index < -0.39 is 0 Å². The average Bonchev–Trinajstić information content (AvgIpc) is 3.04. The second-order valence-electron chi connectivity index (χ2n) is 6.11. The van der Waals surface area contributed by atoms with Gasteiger partial charge in [-0.15, -0.1) is 0 Å². The highest BCUT2D eigenvalue weighted by Crippen LogP contribution is 2.28. The molecule has 0 saturated heterocycles. The van der Waals surface area contributed by atoms with Gasteiger partial charge in [-0.1, -0.05) is 6.07 Å². The molecule has 8 heteroatoms. The Kier molecular flexibility index (Phi) is 4.97. The summed E-state index contributed by atoms with van der Waals surface area (Å²) in [6, 6.07) is 11.6. The van der Waals surface area contributed by atoms with Crippen LogP contribution >= 0.6 is 15.9 Å². The topological polar surface area (TPSA) is 91.8 Å². The zero-order valence-corrected chi connectivity index (χ0v) is 16.0. The minimum absolute atomic E-state index is 0.0152. The largest absolute Gasteiger partial charge is 0.369 e. The highest BCUT2D eigenvalue weighted by molar-refractivity contribution is 9.10. The molecule has 136 valence electrons. The Hall–Kier alpha value is -3.00. The number of amides is 1. The van der Waals surface area contributed by atoms with Gasteiger partial charge in [-0.05, 0) is 51.8 Å². The van der Waals surface area contributed by atoms with Crippen LogP contribution in [0.2, 0.25) is 0 Å². The molecule has 1 amide bonds. The van der Waals surface area contributed by atoms with Gasteiger partial charge < -0.3 is 16.0 Å². The van der Waals surface area contributed by atoms with Crippen molar-refractivity contribution in [3.8, 4) is 0 Å². The molecule has 1 aromatic carbocycles. The molecule has 0 spiro atoms. The fourth-order valence-electron chi connectivity index (χ4n) is 2.84. The highest BCUT2D eigenvalue weighted by atomic mass is 79.9. The van der Waals surface area contributed by atoms with Crippen LogP contribution in [0.1, 0.15) is 11.3 Å². The number of halogens is 1. The van der Waals surface area contributed by atoms with Crippen molar-refractivity contribution in [1.82, 2.24) is 15.0 Å². The van der Waals surface area contributed by atoms with Gasteiger partial charge in [0.1, 0.15) is 5.82 Å². The van der Waals surface area contributed by atoms with E-state index in [2.05, 4.69) is 46.8 Å². The first kappa shape index (κ1) is 17.4. The maximum absolute atomic E-state index is 11.5. The minimum atomic E-state index is 0.0152. The number of pyridine rings is 1. The van der Waals surface area contributed by atoms with E-state index in [1.807, 2.05) is 36.4 Å². The third-order valence-electron chi connectivity index (χ3n) is 4.13. The van der Waals surface area contributed by atoms with Crippen LogP contribution in [-0.2, 0) is 17.6 Å². The number of hydrogen-bond acceptors (Lipinski definition) is 6. The summed E-state index contributed by atoms with van der Waals surface area (Å²) in [6.45, 7) is 0.707. The molecule has 4 rings (SSSR count). The Morgan fingerprint density at radius 1 is 1.19 bits per heavy atom. The number of fused-ring (bicyclic) bond motifs is 1. The van der Waals surface area contributed by atoms with Crippen molar-refractivity contribution in [2.75, 3.05) is 22.5 Å². The van der Waals surface area contributed by atoms with Crippen LogP contribution in [0.4, 0.5) is 23.1 Å². The van der Waals surface area contributed by atoms with E-state index in [0.29, 0.717) is 24.7 Å². The molecular formula is C19H17BrN6O. The van der Waals surface area contributed by atoms with Crippen molar-refractivity contribution in [2.24, 2.45) is 0 Å². The monoisotopic (exact) mass is 424 g/mol. The summed E-state index contributed by atoms with van der Waals surface area (Å²) in [5.41, 5.74) is 3.69. The first-order valence-electron chi connectivity index (χ1n) is 8.53. The lowest BCUT2D eigenvalue weighted by Gasteiger charge is -2.11. The van der Waals surface area contributed by atoms with E-state index in [-0.39, 0.29) is 5.91 Å². The Morgan fingerprint density at radius 2 is 2.11 bits per heavy atom. The molecule has 3 heterocycles. The van der Waals surface area contributed by atoms with Gasteiger partial charge in [0.15, 0.2) is 0 Å². The summed E-state index contributed by atoms with van der Waals surface area (Å²) in [4.78, 5) is 24.6. The van der Waals surface area contributed by atoms with Crippen molar-refractivity contribution in [3.05, 3.63) is 64.5 Å². The number of benzene rings is 1. The maximum Gasteiger partial charge on any atom is 0.229 e. The predicted molar refractivity (Wildman–Crippen MR) is 108 cm³/mol. The van der Waals surface area contributed by atoms with Crippen molar-refractivity contribution in [2.45, 2.75) is 12.8 Å². The fraction of sp³-hybridized carbons (Fsp3) is 0.158. The second kappa shape index (κ2) is 7.71. The Morgan fingerprint density at radius 3 is 2.96 bits per heavy atom. The van der Waals surface area contributed by atoms with E-state index >= 15 is 0 Å². The van der Waals surface area contributed by atoms with E-state index in [1.54, 1.807) is 12.4 Å². The highest BCUT2D eigenvalue weighted by Gasteiger charge is 2.17. The molecule has 0 unspecified atom stereocenters. The molecule has 0 saturated carbocycles. The molecule has 7 nitrogen and oxygen atoms in total. The van der Waals surface area contributed by atoms with Crippen LogP contribution in [0.5, 0.6) is 0 Å². The normalized spacial score (nSPS) is 12.4. The third kappa shape index (κ3) is 4.22. The van der Waals surface area contributed by atoms with E-state index in [0.717, 1.165) is 33.5 Å². The van der Waals surface area contributed by atoms with Gasteiger partial charge in [0.2, 0.25) is 11.9 Å². The SMILES string of the molecule is O=C1Cc2cc(Nc3ncc(Br)c(NCCc4ccccn4)n3)ccc2N1. The number of carbonyl (C=O) groups excluding carboxylic acids is 1. The molecule has 0 fully saturated rings. The fourth-order valence-corrected chi connectivity index (χ4v) is 3.17. The van der Waals surface area contributed by atoms with Gasteiger partial charge >= 0.3 is 0 Å². The van der Waals surface area contributed by atoms with Gasteiger partial charge in [-0.3, -0.25) is 9.78 Å². The molecule has 0 bridgehead atoms. The zero-order chi connectivity index (χ0) is 18.6. The smallest absolute Gasteiger partial charge is 0.229 e. The lowest BCUT2D eigenvalue weighted by molar-refractivity contribution is -0.115.